The molecule has 0 aliphatic rings. The zero-order chi connectivity index (χ0) is 21.3. The minimum atomic E-state index is -3.66. The lowest BCUT2D eigenvalue weighted by Crippen LogP contribution is -2.28. The van der Waals surface area contributed by atoms with Gasteiger partial charge in [-0.3, -0.25) is 9.59 Å². The summed E-state index contributed by atoms with van der Waals surface area (Å²) < 4.78 is 31.4. The van der Waals surface area contributed by atoms with Crippen LogP contribution in [0, 0.1) is 0 Å². The van der Waals surface area contributed by atoms with E-state index in [9.17, 15) is 18.0 Å². The number of hydrogen-bond acceptors (Lipinski definition) is 5. The van der Waals surface area contributed by atoms with Crippen LogP contribution in [-0.4, -0.2) is 47.0 Å². The van der Waals surface area contributed by atoms with Crippen LogP contribution in [-0.2, 0) is 19.6 Å². The van der Waals surface area contributed by atoms with Gasteiger partial charge < -0.3 is 15.4 Å². The third-order valence-electron chi connectivity index (χ3n) is 3.79. The molecule has 0 fully saturated rings. The lowest BCUT2D eigenvalue weighted by molar-refractivity contribution is -0.116. The molecule has 0 heterocycles. The molecule has 3 N–H and O–H groups in total. The molecule has 10 heteroatoms. The number of methoxy groups -OCH3 is 1. The number of carbonyl (C=O) groups excluding carboxylic acids is 2. The lowest BCUT2D eigenvalue weighted by Gasteiger charge is -2.10. The fourth-order valence-corrected chi connectivity index (χ4v) is 3.66. The molecule has 2 rings (SSSR count). The third-order valence-corrected chi connectivity index (χ3v) is 5.58. The zero-order valence-electron chi connectivity index (χ0n) is 15.8. The Balaban J connectivity index is 1.86. The first kappa shape index (κ1) is 22.8. The molecular formula is C19H22ClN3O5S. The zero-order valence-corrected chi connectivity index (χ0v) is 17.3. The van der Waals surface area contributed by atoms with E-state index in [-0.39, 0.29) is 34.4 Å². The van der Waals surface area contributed by atoms with Gasteiger partial charge in [-0.25, -0.2) is 13.1 Å². The Labute approximate surface area is 174 Å². The molecule has 29 heavy (non-hydrogen) atoms. The van der Waals surface area contributed by atoms with Gasteiger partial charge in [0, 0.05) is 32.3 Å². The van der Waals surface area contributed by atoms with E-state index in [2.05, 4.69) is 15.4 Å². The Kier molecular flexibility index (Phi) is 8.59. The van der Waals surface area contributed by atoms with Crippen LogP contribution >= 0.6 is 11.6 Å². The molecule has 2 aromatic rings. The van der Waals surface area contributed by atoms with Gasteiger partial charge in [0.05, 0.1) is 22.1 Å². The maximum absolute atomic E-state index is 12.1. The number of anilines is 1. The minimum Gasteiger partial charge on any atom is -0.383 e. The average molecular weight is 440 g/mol. The number of rotatable bonds is 10. The quantitative estimate of drug-likeness (QED) is 0.490. The van der Waals surface area contributed by atoms with Crippen molar-refractivity contribution in [1.82, 2.24) is 10.0 Å². The number of halogens is 1. The molecule has 2 aromatic carbocycles. The predicted octanol–water partition coefficient (Wildman–Crippen LogP) is 2.02. The summed E-state index contributed by atoms with van der Waals surface area (Å²) in [4.78, 5) is 24.2. The molecule has 2 amide bonds. The van der Waals surface area contributed by atoms with Crippen LogP contribution < -0.4 is 15.4 Å². The molecule has 0 spiro atoms. The van der Waals surface area contributed by atoms with Crippen molar-refractivity contribution in [2.75, 3.05) is 32.1 Å². The third kappa shape index (κ3) is 7.13. The molecular weight excluding hydrogens is 418 g/mol. The minimum absolute atomic E-state index is 0.0587. The summed E-state index contributed by atoms with van der Waals surface area (Å²) in [6, 6.07) is 12.4. The van der Waals surface area contributed by atoms with Crippen LogP contribution in [0.1, 0.15) is 16.8 Å². The van der Waals surface area contributed by atoms with Crippen LogP contribution in [0.4, 0.5) is 5.69 Å². The van der Waals surface area contributed by atoms with Crippen molar-refractivity contribution >= 4 is 39.1 Å². The second-order valence-electron chi connectivity index (χ2n) is 5.95. The predicted molar refractivity (Wildman–Crippen MR) is 111 cm³/mol. The van der Waals surface area contributed by atoms with Crippen molar-refractivity contribution in [2.24, 2.45) is 0 Å². The average Bonchev–Trinajstić information content (AvgIpc) is 2.68. The first-order valence-electron chi connectivity index (χ1n) is 8.75. The maximum Gasteiger partial charge on any atom is 0.252 e. The highest BCUT2D eigenvalue weighted by molar-refractivity contribution is 7.89. The van der Waals surface area contributed by atoms with Gasteiger partial charge in [0.1, 0.15) is 0 Å². The number of benzene rings is 2. The van der Waals surface area contributed by atoms with E-state index in [1.165, 1.54) is 31.4 Å². The number of ether oxygens (including phenoxy) is 1. The molecule has 0 atom stereocenters. The lowest BCUT2D eigenvalue weighted by atomic mass is 10.2. The smallest absolute Gasteiger partial charge is 0.252 e. The summed E-state index contributed by atoms with van der Waals surface area (Å²) in [6.07, 6.45) is -0.0665. The van der Waals surface area contributed by atoms with Crippen molar-refractivity contribution < 1.29 is 22.7 Å². The van der Waals surface area contributed by atoms with Crippen LogP contribution in [0.15, 0.2) is 53.4 Å². The molecule has 0 saturated heterocycles. The number of carbonyl (C=O) groups is 2. The second-order valence-corrected chi connectivity index (χ2v) is 8.13. The van der Waals surface area contributed by atoms with Crippen LogP contribution in [0.3, 0.4) is 0 Å². The molecule has 156 valence electrons. The van der Waals surface area contributed by atoms with E-state index in [1.807, 2.05) is 0 Å². The van der Waals surface area contributed by atoms with Gasteiger partial charge in [0.15, 0.2) is 0 Å². The van der Waals surface area contributed by atoms with E-state index in [4.69, 9.17) is 16.3 Å². The Bertz CT molecular complexity index is 952. The summed E-state index contributed by atoms with van der Waals surface area (Å²) >= 11 is 6.12. The van der Waals surface area contributed by atoms with E-state index in [0.29, 0.717) is 18.8 Å². The molecule has 0 aromatic heterocycles. The molecule has 0 aliphatic heterocycles. The molecule has 0 bridgehead atoms. The summed E-state index contributed by atoms with van der Waals surface area (Å²) in [6.45, 7) is 0.672. The highest BCUT2D eigenvalue weighted by Crippen LogP contribution is 2.21. The van der Waals surface area contributed by atoms with Gasteiger partial charge in [0.2, 0.25) is 15.9 Å². The van der Waals surface area contributed by atoms with Gasteiger partial charge in [-0.2, -0.15) is 0 Å². The standard InChI is InChI=1S/C19H22ClN3O5S/c1-28-12-11-21-19(25)16-8-7-14(13-17(16)20)23-18(24)9-10-22-29(26,27)15-5-3-2-4-6-15/h2-8,13,22H,9-12H2,1H3,(H,21,25)(H,23,24). The van der Waals surface area contributed by atoms with Crippen LogP contribution in [0.2, 0.25) is 5.02 Å². The SMILES string of the molecule is COCCNC(=O)c1ccc(NC(=O)CCNS(=O)(=O)c2ccccc2)cc1Cl. The van der Waals surface area contributed by atoms with Crippen LogP contribution in [0.5, 0.6) is 0 Å². The first-order chi connectivity index (χ1) is 13.8. The Hall–Kier alpha value is -2.46. The molecule has 0 saturated carbocycles. The fourth-order valence-electron chi connectivity index (χ4n) is 2.34. The van der Waals surface area contributed by atoms with Crippen molar-refractivity contribution in [3.05, 3.63) is 59.1 Å². The summed E-state index contributed by atoms with van der Waals surface area (Å²) in [5.74, 6) is -0.741. The Morgan fingerprint density at radius 1 is 1.07 bits per heavy atom. The van der Waals surface area contributed by atoms with Gasteiger partial charge in [-0.15, -0.1) is 0 Å². The topological polar surface area (TPSA) is 114 Å². The van der Waals surface area contributed by atoms with Gasteiger partial charge in [-0.1, -0.05) is 29.8 Å². The van der Waals surface area contributed by atoms with Gasteiger partial charge in [0.25, 0.3) is 5.91 Å². The molecule has 0 aliphatic carbocycles. The molecule has 8 nitrogen and oxygen atoms in total. The van der Waals surface area contributed by atoms with E-state index < -0.39 is 15.9 Å². The number of nitrogens with one attached hydrogen (secondary N) is 3. The van der Waals surface area contributed by atoms with Crippen molar-refractivity contribution in [3.63, 3.8) is 0 Å². The van der Waals surface area contributed by atoms with Crippen molar-refractivity contribution in [2.45, 2.75) is 11.3 Å². The highest BCUT2D eigenvalue weighted by Gasteiger charge is 2.14. The van der Waals surface area contributed by atoms with E-state index in [0.717, 1.165) is 0 Å². The normalized spacial score (nSPS) is 11.1. The second kappa shape index (κ2) is 10.9. The summed E-state index contributed by atoms with van der Waals surface area (Å²) in [5.41, 5.74) is 0.677. The highest BCUT2D eigenvalue weighted by atomic mass is 35.5. The monoisotopic (exact) mass is 439 g/mol. The number of amides is 2. The molecule has 0 radical (unpaired) electrons. The maximum atomic E-state index is 12.1. The first-order valence-corrected chi connectivity index (χ1v) is 10.6. The summed E-state index contributed by atoms with van der Waals surface area (Å²) in [7, 11) is -2.13. The fraction of sp³-hybridized carbons (Fsp3) is 0.263. The number of sulfonamides is 1. The van der Waals surface area contributed by atoms with Crippen LogP contribution in [0.25, 0.3) is 0 Å². The molecule has 0 unspecified atom stereocenters. The number of hydrogen-bond donors (Lipinski definition) is 3. The Morgan fingerprint density at radius 3 is 2.45 bits per heavy atom. The van der Waals surface area contributed by atoms with Crippen molar-refractivity contribution in [3.8, 4) is 0 Å². The Morgan fingerprint density at radius 2 is 1.79 bits per heavy atom. The summed E-state index contributed by atoms with van der Waals surface area (Å²) in [5, 5.41) is 5.46. The van der Waals surface area contributed by atoms with Gasteiger partial charge in [-0.05, 0) is 30.3 Å². The van der Waals surface area contributed by atoms with Crippen molar-refractivity contribution in [1.29, 1.82) is 0 Å². The van der Waals surface area contributed by atoms with Gasteiger partial charge >= 0.3 is 0 Å². The van der Waals surface area contributed by atoms with E-state index >= 15 is 0 Å². The van der Waals surface area contributed by atoms with E-state index in [1.54, 1.807) is 24.3 Å². The largest absolute Gasteiger partial charge is 0.383 e.